The Bertz CT molecular complexity index is 880. The standard InChI is InChI=1S/C20H22F2O3S/c1-20(23)10-8-14(9-11-20)13-26(24,25)17-5-2-15(3-6-17)18-7-4-16(21)12-19(18)22/h2-7,12,14,23H,8-11,13H2,1H3. The van der Waals surface area contributed by atoms with Gasteiger partial charge in [-0.1, -0.05) is 12.1 Å². The largest absolute Gasteiger partial charge is 0.390 e. The molecule has 0 heterocycles. The van der Waals surface area contributed by atoms with Crippen LogP contribution in [0.2, 0.25) is 0 Å². The van der Waals surface area contributed by atoms with Gasteiger partial charge in [0.25, 0.3) is 0 Å². The molecule has 0 unspecified atom stereocenters. The van der Waals surface area contributed by atoms with Gasteiger partial charge in [-0.05, 0) is 68.4 Å². The summed E-state index contributed by atoms with van der Waals surface area (Å²) < 4.78 is 52.2. The zero-order valence-corrected chi connectivity index (χ0v) is 15.4. The molecular weight excluding hydrogens is 358 g/mol. The predicted molar refractivity (Wildman–Crippen MR) is 96.4 cm³/mol. The third-order valence-electron chi connectivity index (χ3n) is 5.09. The smallest absolute Gasteiger partial charge is 0.178 e. The van der Waals surface area contributed by atoms with E-state index in [-0.39, 0.29) is 22.1 Å². The molecule has 1 saturated carbocycles. The minimum atomic E-state index is -3.45. The summed E-state index contributed by atoms with van der Waals surface area (Å²) in [5.41, 5.74) is 0.0289. The zero-order valence-electron chi connectivity index (χ0n) is 14.6. The fourth-order valence-corrected chi connectivity index (χ4v) is 5.14. The van der Waals surface area contributed by atoms with E-state index in [2.05, 4.69) is 0 Å². The average Bonchev–Trinajstić information content (AvgIpc) is 2.57. The second-order valence-electron chi connectivity index (χ2n) is 7.37. The first kappa shape index (κ1) is 19.0. The molecule has 0 spiro atoms. The van der Waals surface area contributed by atoms with Crippen LogP contribution in [-0.4, -0.2) is 24.9 Å². The van der Waals surface area contributed by atoms with Crippen molar-refractivity contribution in [3.8, 4) is 11.1 Å². The van der Waals surface area contributed by atoms with Crippen molar-refractivity contribution in [2.24, 2.45) is 5.92 Å². The quantitative estimate of drug-likeness (QED) is 0.858. The predicted octanol–water partition coefficient (Wildman–Crippen LogP) is 4.35. The van der Waals surface area contributed by atoms with E-state index < -0.39 is 27.1 Å². The van der Waals surface area contributed by atoms with E-state index in [0.29, 0.717) is 31.2 Å². The van der Waals surface area contributed by atoms with E-state index in [0.717, 1.165) is 6.07 Å². The molecule has 1 fully saturated rings. The lowest BCUT2D eigenvalue weighted by molar-refractivity contribution is 0.0108. The van der Waals surface area contributed by atoms with Crippen LogP contribution in [-0.2, 0) is 9.84 Å². The van der Waals surface area contributed by atoms with Crippen LogP contribution in [0.1, 0.15) is 32.6 Å². The normalized spacial score (nSPS) is 23.8. The molecule has 0 saturated heterocycles. The Kier molecular flexibility index (Phi) is 5.17. The Hall–Kier alpha value is -1.79. The second kappa shape index (κ2) is 7.08. The molecule has 3 rings (SSSR count). The monoisotopic (exact) mass is 380 g/mol. The van der Waals surface area contributed by atoms with Crippen LogP contribution in [0, 0.1) is 17.6 Å². The first-order valence-electron chi connectivity index (χ1n) is 8.67. The van der Waals surface area contributed by atoms with Gasteiger partial charge < -0.3 is 5.11 Å². The maximum Gasteiger partial charge on any atom is 0.178 e. The molecule has 2 aromatic carbocycles. The van der Waals surface area contributed by atoms with Gasteiger partial charge in [-0.2, -0.15) is 0 Å². The molecule has 1 aliphatic carbocycles. The van der Waals surface area contributed by atoms with Crippen LogP contribution in [0.4, 0.5) is 8.78 Å². The van der Waals surface area contributed by atoms with Crippen molar-refractivity contribution >= 4 is 9.84 Å². The molecule has 0 bridgehead atoms. The lowest BCUT2D eigenvalue weighted by Gasteiger charge is -2.32. The SMILES string of the molecule is CC1(O)CCC(CS(=O)(=O)c2ccc(-c3ccc(F)cc3F)cc2)CC1. The minimum absolute atomic E-state index is 0.0365. The minimum Gasteiger partial charge on any atom is -0.390 e. The summed E-state index contributed by atoms with van der Waals surface area (Å²) in [4.78, 5) is 0.195. The van der Waals surface area contributed by atoms with Gasteiger partial charge in [-0.3, -0.25) is 0 Å². The van der Waals surface area contributed by atoms with Crippen LogP contribution in [0.5, 0.6) is 0 Å². The zero-order chi connectivity index (χ0) is 18.9. The summed E-state index contributed by atoms with van der Waals surface area (Å²) in [6, 6.07) is 9.31. The Morgan fingerprint density at radius 2 is 1.69 bits per heavy atom. The Morgan fingerprint density at radius 1 is 1.08 bits per heavy atom. The maximum absolute atomic E-state index is 13.9. The van der Waals surface area contributed by atoms with Crippen LogP contribution in [0.3, 0.4) is 0 Å². The number of rotatable bonds is 4. The van der Waals surface area contributed by atoms with Gasteiger partial charge >= 0.3 is 0 Å². The highest BCUT2D eigenvalue weighted by Gasteiger charge is 2.31. The van der Waals surface area contributed by atoms with Gasteiger partial charge in [0.15, 0.2) is 9.84 Å². The molecule has 3 nitrogen and oxygen atoms in total. The molecule has 1 aliphatic rings. The van der Waals surface area contributed by atoms with E-state index in [1.54, 1.807) is 6.92 Å². The number of hydrogen-bond acceptors (Lipinski definition) is 3. The van der Waals surface area contributed by atoms with Crippen LogP contribution >= 0.6 is 0 Å². The summed E-state index contributed by atoms with van der Waals surface area (Å²) in [5.74, 6) is -1.26. The Morgan fingerprint density at radius 3 is 2.27 bits per heavy atom. The van der Waals surface area contributed by atoms with E-state index in [1.807, 2.05) is 0 Å². The molecule has 0 amide bonds. The number of benzene rings is 2. The molecule has 0 atom stereocenters. The summed E-state index contributed by atoms with van der Waals surface area (Å²) in [6.07, 6.45) is 2.59. The molecule has 0 aromatic heterocycles. The van der Waals surface area contributed by atoms with Crippen molar-refractivity contribution in [2.45, 2.75) is 43.1 Å². The van der Waals surface area contributed by atoms with Crippen LogP contribution in [0.25, 0.3) is 11.1 Å². The Balaban J connectivity index is 1.75. The van der Waals surface area contributed by atoms with Crippen molar-refractivity contribution in [1.82, 2.24) is 0 Å². The average molecular weight is 380 g/mol. The van der Waals surface area contributed by atoms with Crippen molar-refractivity contribution in [1.29, 1.82) is 0 Å². The van der Waals surface area contributed by atoms with Crippen LogP contribution < -0.4 is 0 Å². The highest BCUT2D eigenvalue weighted by atomic mass is 32.2. The van der Waals surface area contributed by atoms with Crippen molar-refractivity contribution in [3.05, 3.63) is 54.1 Å². The maximum atomic E-state index is 13.9. The van der Waals surface area contributed by atoms with Crippen molar-refractivity contribution < 1.29 is 22.3 Å². The number of aliphatic hydroxyl groups is 1. The summed E-state index contributed by atoms with van der Waals surface area (Å²) in [5, 5.41) is 9.98. The Labute approximate surface area is 152 Å². The molecule has 0 aliphatic heterocycles. The van der Waals surface area contributed by atoms with Crippen molar-refractivity contribution in [2.75, 3.05) is 5.75 Å². The third kappa shape index (κ3) is 4.30. The topological polar surface area (TPSA) is 54.4 Å². The molecule has 140 valence electrons. The molecule has 0 radical (unpaired) electrons. The fourth-order valence-electron chi connectivity index (χ4n) is 3.44. The number of halogens is 2. The summed E-state index contributed by atoms with van der Waals surface area (Å²) in [6.45, 7) is 1.78. The molecule has 6 heteroatoms. The van der Waals surface area contributed by atoms with Crippen LogP contribution in [0.15, 0.2) is 47.4 Å². The third-order valence-corrected chi connectivity index (χ3v) is 6.99. The summed E-state index contributed by atoms with van der Waals surface area (Å²) in [7, 11) is -3.45. The highest BCUT2D eigenvalue weighted by Crippen LogP contribution is 2.33. The van der Waals surface area contributed by atoms with Gasteiger partial charge in [0.2, 0.25) is 0 Å². The van der Waals surface area contributed by atoms with Gasteiger partial charge in [-0.15, -0.1) is 0 Å². The van der Waals surface area contributed by atoms with E-state index >= 15 is 0 Å². The molecule has 2 aromatic rings. The van der Waals surface area contributed by atoms with E-state index in [9.17, 15) is 22.3 Å². The summed E-state index contributed by atoms with van der Waals surface area (Å²) >= 11 is 0. The lowest BCUT2D eigenvalue weighted by Crippen LogP contribution is -2.32. The number of sulfone groups is 1. The van der Waals surface area contributed by atoms with Gasteiger partial charge in [0.05, 0.1) is 16.2 Å². The van der Waals surface area contributed by atoms with Gasteiger partial charge in [0, 0.05) is 11.6 Å². The highest BCUT2D eigenvalue weighted by molar-refractivity contribution is 7.91. The first-order valence-corrected chi connectivity index (χ1v) is 10.3. The van der Waals surface area contributed by atoms with Gasteiger partial charge in [0.1, 0.15) is 11.6 Å². The fraction of sp³-hybridized carbons (Fsp3) is 0.400. The molecular formula is C20H22F2O3S. The second-order valence-corrected chi connectivity index (χ2v) is 9.40. The first-order chi connectivity index (χ1) is 12.2. The molecule has 26 heavy (non-hydrogen) atoms. The lowest BCUT2D eigenvalue weighted by atomic mass is 9.81. The van der Waals surface area contributed by atoms with E-state index in [1.165, 1.54) is 36.4 Å². The molecule has 1 N–H and O–H groups in total. The van der Waals surface area contributed by atoms with Gasteiger partial charge in [-0.25, -0.2) is 17.2 Å². The van der Waals surface area contributed by atoms with Crippen molar-refractivity contribution in [3.63, 3.8) is 0 Å². The van der Waals surface area contributed by atoms with E-state index in [4.69, 9.17) is 0 Å². The number of hydrogen-bond donors (Lipinski definition) is 1.